The largest absolute Gasteiger partial charge is 0.476 e. The molecule has 4 rings (SSSR count). The number of carboxylic acid groups (broad SMARTS) is 1. The average molecular weight is 404 g/mol. The molecular formula is C23H24N4O3. The Morgan fingerprint density at radius 1 is 1.00 bits per heavy atom. The van der Waals surface area contributed by atoms with Crippen molar-refractivity contribution in [1.82, 2.24) is 19.6 Å². The van der Waals surface area contributed by atoms with Crippen LogP contribution in [0.4, 0.5) is 4.79 Å². The first-order valence-electron chi connectivity index (χ1n) is 9.97. The van der Waals surface area contributed by atoms with Gasteiger partial charge in [0.05, 0.1) is 0 Å². The summed E-state index contributed by atoms with van der Waals surface area (Å²) in [5, 5.41) is 12.8. The fraction of sp³-hybridized carbons (Fsp3) is 0.261. The molecule has 1 aliphatic rings. The fourth-order valence-electron chi connectivity index (χ4n) is 3.81. The van der Waals surface area contributed by atoms with Crippen molar-refractivity contribution in [3.05, 3.63) is 77.6 Å². The number of aromatic carboxylic acids is 1. The molecule has 0 radical (unpaired) electrons. The van der Waals surface area contributed by atoms with E-state index in [1.54, 1.807) is 4.90 Å². The van der Waals surface area contributed by atoms with E-state index in [-0.39, 0.29) is 11.7 Å². The smallest absolute Gasteiger partial charge is 0.356 e. The summed E-state index contributed by atoms with van der Waals surface area (Å²) < 4.78 is 1.10. The maximum atomic E-state index is 12.5. The Bertz CT molecular complexity index is 1050. The molecule has 154 valence electrons. The minimum absolute atomic E-state index is 0.128. The highest BCUT2D eigenvalue weighted by molar-refractivity contribution is 5.86. The number of benzene rings is 2. The van der Waals surface area contributed by atoms with Crippen molar-refractivity contribution in [3.8, 4) is 11.1 Å². The van der Waals surface area contributed by atoms with Crippen LogP contribution in [0.15, 0.2) is 60.8 Å². The zero-order valence-electron chi connectivity index (χ0n) is 16.9. The Kier molecular flexibility index (Phi) is 5.63. The van der Waals surface area contributed by atoms with Crippen LogP contribution in [0.25, 0.3) is 11.1 Å². The van der Waals surface area contributed by atoms with Gasteiger partial charge in [-0.1, -0.05) is 48.5 Å². The summed E-state index contributed by atoms with van der Waals surface area (Å²) in [6, 6.07) is 18.0. The Balaban J connectivity index is 1.35. The number of carboxylic acids is 1. The molecule has 1 saturated heterocycles. The van der Waals surface area contributed by atoms with Gasteiger partial charge in [-0.2, -0.15) is 9.78 Å². The standard InChI is InChI=1S/C23H24N4O3/c1-17-15-18(7-8-20(17)19-5-3-2-4-6-19)16-25-11-13-26(14-12-25)23(30)27-10-9-21(24-27)22(28)29/h2-10,15H,11-14,16H2,1H3,(H,28,29). The topological polar surface area (TPSA) is 78.7 Å². The van der Waals surface area contributed by atoms with Gasteiger partial charge in [0.25, 0.3) is 0 Å². The minimum Gasteiger partial charge on any atom is -0.476 e. The van der Waals surface area contributed by atoms with Crippen molar-refractivity contribution >= 4 is 12.0 Å². The van der Waals surface area contributed by atoms with Crippen molar-refractivity contribution < 1.29 is 14.7 Å². The minimum atomic E-state index is -1.14. The van der Waals surface area contributed by atoms with E-state index >= 15 is 0 Å². The van der Waals surface area contributed by atoms with Gasteiger partial charge in [0.15, 0.2) is 5.69 Å². The number of carbonyl (C=O) groups is 2. The van der Waals surface area contributed by atoms with Crippen molar-refractivity contribution in [2.75, 3.05) is 26.2 Å². The van der Waals surface area contributed by atoms with Crippen LogP contribution < -0.4 is 0 Å². The third-order valence-corrected chi connectivity index (χ3v) is 5.43. The molecule has 0 spiro atoms. The van der Waals surface area contributed by atoms with E-state index in [9.17, 15) is 9.59 Å². The van der Waals surface area contributed by atoms with E-state index in [0.717, 1.165) is 24.3 Å². The van der Waals surface area contributed by atoms with Gasteiger partial charge in [0.1, 0.15) is 0 Å². The van der Waals surface area contributed by atoms with Crippen LogP contribution in [0.1, 0.15) is 21.6 Å². The molecule has 7 heteroatoms. The molecule has 30 heavy (non-hydrogen) atoms. The van der Waals surface area contributed by atoms with Gasteiger partial charge in [-0.25, -0.2) is 9.59 Å². The van der Waals surface area contributed by atoms with Crippen LogP contribution >= 0.6 is 0 Å². The van der Waals surface area contributed by atoms with Gasteiger partial charge in [-0.15, -0.1) is 0 Å². The number of nitrogens with zero attached hydrogens (tertiary/aromatic N) is 4. The average Bonchev–Trinajstić information content (AvgIpc) is 3.25. The van der Waals surface area contributed by atoms with Gasteiger partial charge >= 0.3 is 12.0 Å². The summed E-state index contributed by atoms with van der Waals surface area (Å²) in [4.78, 5) is 27.5. The molecule has 3 aromatic rings. The van der Waals surface area contributed by atoms with Crippen LogP contribution in [0.2, 0.25) is 0 Å². The van der Waals surface area contributed by atoms with Crippen molar-refractivity contribution in [1.29, 1.82) is 0 Å². The van der Waals surface area contributed by atoms with E-state index in [4.69, 9.17) is 5.11 Å². The third kappa shape index (κ3) is 4.26. The second kappa shape index (κ2) is 8.51. The Hall–Kier alpha value is -3.45. The normalized spacial score (nSPS) is 14.6. The molecule has 1 aliphatic heterocycles. The van der Waals surface area contributed by atoms with E-state index in [1.807, 2.05) is 6.07 Å². The van der Waals surface area contributed by atoms with Gasteiger partial charge in [0.2, 0.25) is 0 Å². The van der Waals surface area contributed by atoms with Crippen molar-refractivity contribution in [2.45, 2.75) is 13.5 Å². The number of hydrogen-bond acceptors (Lipinski definition) is 4. The quantitative estimate of drug-likeness (QED) is 0.722. The Morgan fingerprint density at radius 2 is 1.73 bits per heavy atom. The molecule has 0 unspecified atom stereocenters. The number of amides is 1. The first kappa shape index (κ1) is 19.8. The van der Waals surface area contributed by atoms with Crippen molar-refractivity contribution in [3.63, 3.8) is 0 Å². The van der Waals surface area contributed by atoms with Crippen LogP contribution in [0.3, 0.4) is 0 Å². The zero-order valence-corrected chi connectivity index (χ0v) is 16.9. The molecule has 2 aromatic carbocycles. The summed E-state index contributed by atoms with van der Waals surface area (Å²) in [5.74, 6) is -1.14. The van der Waals surface area contributed by atoms with Crippen LogP contribution in [0.5, 0.6) is 0 Å². The molecule has 1 N–H and O–H groups in total. The van der Waals surface area contributed by atoms with Crippen LogP contribution in [0, 0.1) is 6.92 Å². The number of rotatable bonds is 4. The Labute approximate surface area is 175 Å². The summed E-state index contributed by atoms with van der Waals surface area (Å²) in [5.41, 5.74) is 4.84. The molecule has 0 atom stereocenters. The number of aromatic nitrogens is 2. The number of aryl methyl sites for hydroxylation is 1. The molecule has 7 nitrogen and oxygen atoms in total. The lowest BCUT2D eigenvalue weighted by Crippen LogP contribution is -2.49. The molecule has 0 aliphatic carbocycles. The molecule has 0 saturated carbocycles. The van der Waals surface area contributed by atoms with Crippen molar-refractivity contribution in [2.24, 2.45) is 0 Å². The second-order valence-electron chi connectivity index (χ2n) is 7.51. The van der Waals surface area contributed by atoms with Crippen LogP contribution in [-0.2, 0) is 6.54 Å². The maximum absolute atomic E-state index is 12.5. The number of piperazine rings is 1. The molecule has 1 aromatic heterocycles. The summed E-state index contributed by atoms with van der Waals surface area (Å²) in [6.45, 7) is 5.67. The lowest BCUT2D eigenvalue weighted by atomic mass is 9.98. The first-order chi connectivity index (χ1) is 14.5. The Morgan fingerprint density at radius 3 is 2.37 bits per heavy atom. The lowest BCUT2D eigenvalue weighted by molar-refractivity contribution is 0.0689. The predicted molar refractivity (Wildman–Crippen MR) is 113 cm³/mol. The third-order valence-electron chi connectivity index (χ3n) is 5.43. The highest BCUT2D eigenvalue weighted by atomic mass is 16.4. The molecule has 1 fully saturated rings. The lowest BCUT2D eigenvalue weighted by Gasteiger charge is -2.34. The van der Waals surface area contributed by atoms with Gasteiger partial charge in [-0.3, -0.25) is 4.90 Å². The van der Waals surface area contributed by atoms with E-state index in [0.29, 0.717) is 13.1 Å². The fourth-order valence-corrected chi connectivity index (χ4v) is 3.81. The summed E-state index contributed by atoms with van der Waals surface area (Å²) in [6.07, 6.45) is 1.40. The molecule has 2 heterocycles. The molecular weight excluding hydrogens is 380 g/mol. The number of carbonyl (C=O) groups excluding carboxylic acids is 1. The van der Waals surface area contributed by atoms with E-state index < -0.39 is 5.97 Å². The van der Waals surface area contributed by atoms with Gasteiger partial charge < -0.3 is 10.0 Å². The molecule has 1 amide bonds. The first-order valence-corrected chi connectivity index (χ1v) is 9.97. The highest BCUT2D eigenvalue weighted by Crippen LogP contribution is 2.24. The highest BCUT2D eigenvalue weighted by Gasteiger charge is 2.23. The maximum Gasteiger partial charge on any atom is 0.356 e. The summed E-state index contributed by atoms with van der Waals surface area (Å²) >= 11 is 0. The SMILES string of the molecule is Cc1cc(CN2CCN(C(=O)n3ccc(C(=O)O)n3)CC2)ccc1-c1ccccc1. The number of hydrogen-bond donors (Lipinski definition) is 1. The zero-order chi connectivity index (χ0) is 21.1. The van der Waals surface area contributed by atoms with E-state index in [2.05, 4.69) is 59.4 Å². The van der Waals surface area contributed by atoms with Gasteiger partial charge in [0, 0.05) is 38.9 Å². The molecule has 0 bridgehead atoms. The monoisotopic (exact) mass is 404 g/mol. The van der Waals surface area contributed by atoms with E-state index in [1.165, 1.54) is 34.5 Å². The van der Waals surface area contributed by atoms with Crippen LogP contribution in [-0.4, -0.2) is 62.9 Å². The predicted octanol–water partition coefficient (Wildman–Crippen LogP) is 3.34. The second-order valence-corrected chi connectivity index (χ2v) is 7.51. The summed E-state index contributed by atoms with van der Waals surface area (Å²) in [7, 11) is 0. The van der Waals surface area contributed by atoms with Gasteiger partial charge in [-0.05, 0) is 35.2 Å².